The Bertz CT molecular complexity index is 5930. The molecule has 0 radical (unpaired) electrons. The summed E-state index contributed by atoms with van der Waals surface area (Å²) in [5.41, 5.74) is 7.97. The van der Waals surface area contributed by atoms with Crippen molar-refractivity contribution in [3.63, 3.8) is 0 Å². The van der Waals surface area contributed by atoms with E-state index >= 15 is 8.78 Å². The number of nitrogens with two attached hydrogens (primary N) is 1. The molecule has 0 saturated carbocycles. The number of hydrogen-bond acceptors (Lipinski definition) is 21. The Hall–Kier alpha value is -11.5. The number of nitrogens with zero attached hydrogens (tertiary/aromatic N) is 6. The van der Waals surface area contributed by atoms with Crippen molar-refractivity contribution in [3.05, 3.63) is 310 Å². The van der Waals surface area contributed by atoms with Crippen molar-refractivity contribution >= 4 is 182 Å². The molecule has 4 aliphatic heterocycles. The van der Waals surface area contributed by atoms with Crippen LogP contribution >= 0.6 is 116 Å². The van der Waals surface area contributed by atoms with Crippen LogP contribution in [0.4, 0.5) is 17.6 Å². The minimum absolute atomic E-state index is 0.00694. The van der Waals surface area contributed by atoms with E-state index in [-0.39, 0.29) is 108 Å². The first kappa shape index (κ1) is 93.8. The number of carboxylic acids is 3. The number of amides is 2. The summed E-state index contributed by atoms with van der Waals surface area (Å²) in [5.74, 6) is -12.0. The van der Waals surface area contributed by atoms with E-state index in [1.165, 1.54) is 106 Å². The fraction of sp³-hybridized carbons (Fsp3) is 0.177. The van der Waals surface area contributed by atoms with Crippen LogP contribution in [0.15, 0.2) is 141 Å². The zero-order valence-electron chi connectivity index (χ0n) is 62.7. The lowest BCUT2D eigenvalue weighted by atomic mass is 9.89. The number of ether oxygens (including phenoxy) is 4. The van der Waals surface area contributed by atoms with Gasteiger partial charge < -0.3 is 69.7 Å². The molecule has 7 unspecified atom stereocenters. The standard InChI is InChI=1S/C22H15Cl3FN3O5.C21H13Cl3FN3O5.C14H13ClFN3O2.C8H2Cl2O3.C7H4ClFO.C7H11N3O2/c1-34-22(33)16-7-15-18(28-8-27-15)19(9-3-2-4-12(23)17(9)26)29(16)20(30)10-5-13(24)14(25)6-11(10)21(31)32;22-11-3-1-2-8(16(11)25)18-17-14(26-7-27-17)6-15(21(32)33)28(18)19(29)9-4-12(23)13(24)5-10(9)20(30)31;1-21-14(20)10-5-9-13(18-6-17-9)12(19-10)7-3-2-4-8(15)11(7)16;9-5-1-3-4(2-6(5)10)8(12)13-7(3)11;8-6-3-1-2-5(4-10)7(6)9;1-12-7(11)6(8)2-5-3-9-4-10-5/h2-6,8,16,19H,7H2,1H3,(H,27,28)(H,31,32);1-5,7,15,18H,6H2,(H,26,27)(H,30,31)(H,32,33);2-4,6,10,12,19H,5H2,1H3,(H,17,18);1-2H;1-4H;3-4,6H,2,8H2,1H3,(H,9,10). The summed E-state index contributed by atoms with van der Waals surface area (Å²) >= 11 is 58.5. The van der Waals surface area contributed by atoms with Gasteiger partial charge >= 0.3 is 47.8 Å². The molecule has 123 heavy (non-hydrogen) atoms. The van der Waals surface area contributed by atoms with Crippen molar-refractivity contribution in [2.45, 2.75) is 68.0 Å². The number of imidazole rings is 4. The molecule has 2 amide bonds. The number of aromatic amines is 4. The highest BCUT2D eigenvalue weighted by atomic mass is 35.5. The molecule has 0 saturated heterocycles. The van der Waals surface area contributed by atoms with Crippen molar-refractivity contribution in [1.29, 1.82) is 0 Å². The van der Waals surface area contributed by atoms with E-state index in [4.69, 9.17) is 131 Å². The molecule has 44 heteroatoms. The highest BCUT2D eigenvalue weighted by Gasteiger charge is 2.48. The fourth-order valence-corrected chi connectivity index (χ4v) is 14.7. The Balaban J connectivity index is 0.000000164. The zero-order valence-corrected chi connectivity index (χ0v) is 70.3. The molecule has 0 fully saturated rings. The third-order valence-corrected chi connectivity index (χ3v) is 22.1. The molecule has 7 aromatic carbocycles. The number of aliphatic carboxylic acids is 1. The van der Waals surface area contributed by atoms with Gasteiger partial charge in [0.2, 0.25) is 0 Å². The van der Waals surface area contributed by atoms with Crippen LogP contribution in [0.2, 0.25) is 50.2 Å². The third-order valence-electron chi connectivity index (χ3n) is 18.7. The quantitative estimate of drug-likeness (QED) is 0.0160. The number of benzene rings is 7. The van der Waals surface area contributed by atoms with Crippen LogP contribution in [-0.2, 0) is 63.8 Å². The van der Waals surface area contributed by atoms with Gasteiger partial charge in [-0.3, -0.25) is 29.3 Å². The summed E-state index contributed by atoms with van der Waals surface area (Å²) in [6.45, 7) is 0. The number of hydrogen-bond donors (Lipinski definition) is 9. The summed E-state index contributed by atoms with van der Waals surface area (Å²) < 4.78 is 75.7. The molecule has 11 aromatic rings. The van der Waals surface area contributed by atoms with Gasteiger partial charge in [0, 0.05) is 71.3 Å². The largest absolute Gasteiger partial charge is 0.480 e. The normalized spacial score (nSPS) is 16.5. The smallest absolute Gasteiger partial charge is 0.346 e. The second kappa shape index (κ2) is 41.1. The van der Waals surface area contributed by atoms with Gasteiger partial charge in [0.25, 0.3) is 11.8 Å². The first-order chi connectivity index (χ1) is 58.5. The van der Waals surface area contributed by atoms with Crippen molar-refractivity contribution < 1.29 is 105 Å². The number of aromatic nitrogens is 8. The monoisotopic (exact) mass is 1890 g/mol. The Morgan fingerprint density at radius 3 is 1.32 bits per heavy atom. The third kappa shape index (κ3) is 20.9. The number of carbonyl (C=O) groups excluding carboxylic acids is 8. The first-order valence-corrected chi connectivity index (χ1v) is 38.8. The lowest BCUT2D eigenvalue weighted by molar-refractivity contribution is -0.147. The lowest BCUT2D eigenvalue weighted by Gasteiger charge is -2.40. The van der Waals surface area contributed by atoms with E-state index in [0.29, 0.717) is 41.8 Å². The molecule has 15 rings (SSSR count). The van der Waals surface area contributed by atoms with Crippen LogP contribution in [-0.4, -0.2) is 176 Å². The van der Waals surface area contributed by atoms with Crippen molar-refractivity contribution in [2.75, 3.05) is 21.3 Å². The van der Waals surface area contributed by atoms with Crippen molar-refractivity contribution in [1.82, 2.24) is 55.0 Å². The number of cyclic esters (lactones) is 2. The maximum atomic E-state index is 15.2. The molecule has 4 aromatic heterocycles. The van der Waals surface area contributed by atoms with Gasteiger partial charge in [-0.25, -0.2) is 66.3 Å². The molecule has 7 atom stereocenters. The Kier molecular flexibility index (Phi) is 31.3. The Labute approximate surface area is 741 Å². The molecule has 0 spiro atoms. The van der Waals surface area contributed by atoms with Gasteiger partial charge in [0.1, 0.15) is 53.7 Å². The number of nitrogens with one attached hydrogen (secondary N) is 5. The van der Waals surface area contributed by atoms with Crippen LogP contribution in [0.3, 0.4) is 0 Å². The summed E-state index contributed by atoms with van der Waals surface area (Å²) in [7, 11) is 3.78. The molecule has 640 valence electrons. The van der Waals surface area contributed by atoms with E-state index in [1.807, 2.05) is 0 Å². The predicted octanol–water partition coefficient (Wildman–Crippen LogP) is 15.0. The van der Waals surface area contributed by atoms with Gasteiger partial charge in [-0.2, -0.15) is 0 Å². The fourth-order valence-electron chi connectivity index (χ4n) is 13.0. The summed E-state index contributed by atoms with van der Waals surface area (Å²) in [5, 5.41) is 31.9. The molecule has 0 aliphatic carbocycles. The van der Waals surface area contributed by atoms with Crippen LogP contribution < -0.4 is 11.1 Å². The number of fused-ring (bicyclic) bond motifs is 4. The van der Waals surface area contributed by atoms with E-state index in [0.717, 1.165) is 52.6 Å². The van der Waals surface area contributed by atoms with Gasteiger partial charge in [0.05, 0.1) is 159 Å². The molecular formula is C79H58Cl10F4N12O18. The number of H-pyrrole nitrogens is 4. The van der Waals surface area contributed by atoms with Gasteiger partial charge in [-0.05, 0) is 66.7 Å². The summed E-state index contributed by atoms with van der Waals surface area (Å²) in [4.78, 5) is 161. The summed E-state index contributed by atoms with van der Waals surface area (Å²) in [6.07, 6.45) is 8.42. The van der Waals surface area contributed by atoms with E-state index in [9.17, 15) is 76.8 Å². The second-order valence-electron chi connectivity index (χ2n) is 26.0. The molecule has 10 N–H and O–H groups in total. The van der Waals surface area contributed by atoms with E-state index in [1.54, 1.807) is 24.7 Å². The van der Waals surface area contributed by atoms with Crippen LogP contribution in [0.5, 0.6) is 0 Å². The highest BCUT2D eigenvalue weighted by Crippen LogP contribution is 2.44. The predicted molar refractivity (Wildman–Crippen MR) is 437 cm³/mol. The second-order valence-corrected chi connectivity index (χ2v) is 30.1. The number of halogens is 14. The number of methoxy groups -OCH3 is 3. The number of esters is 5. The summed E-state index contributed by atoms with van der Waals surface area (Å²) in [6, 6.07) is 17.2. The molecular weight excluding hydrogens is 1840 g/mol. The van der Waals surface area contributed by atoms with Gasteiger partial charge in [-0.15, -0.1) is 0 Å². The molecule has 0 bridgehead atoms. The number of aldehydes is 1. The highest BCUT2D eigenvalue weighted by molar-refractivity contribution is 6.44. The Morgan fingerprint density at radius 2 is 0.902 bits per heavy atom. The van der Waals surface area contributed by atoms with Crippen molar-refractivity contribution in [3.8, 4) is 0 Å². The number of rotatable bonds is 14. The number of aromatic carboxylic acids is 2. The van der Waals surface area contributed by atoms with Crippen LogP contribution in [0.1, 0.15) is 147 Å². The minimum Gasteiger partial charge on any atom is -0.480 e. The average molecular weight is 1890 g/mol. The lowest BCUT2D eigenvalue weighted by Crippen LogP contribution is -2.52. The molecule has 8 heterocycles. The van der Waals surface area contributed by atoms with E-state index in [2.05, 4.69) is 54.7 Å². The maximum absolute atomic E-state index is 15.2. The first-order valence-electron chi connectivity index (χ1n) is 35.0. The van der Waals surface area contributed by atoms with Crippen LogP contribution in [0, 0.1) is 23.3 Å². The topological polar surface area (TPSA) is 445 Å². The maximum Gasteiger partial charge on any atom is 0.346 e. The number of carboxylic acid groups (broad SMARTS) is 3. The average Bonchev–Trinajstić information content (AvgIpc) is 1.72. The van der Waals surface area contributed by atoms with E-state index < -0.39 is 142 Å². The minimum atomic E-state index is -1.48. The van der Waals surface area contributed by atoms with Crippen molar-refractivity contribution in [2.24, 2.45) is 5.73 Å². The Morgan fingerprint density at radius 1 is 0.504 bits per heavy atom. The van der Waals surface area contributed by atoms with Gasteiger partial charge in [-0.1, -0.05) is 158 Å². The van der Waals surface area contributed by atoms with Gasteiger partial charge in [0.15, 0.2) is 12.1 Å². The number of carbonyl (C=O) groups is 11. The SMILES string of the molecule is COC(=O)C(N)Cc1cnc[nH]1.COC(=O)C1Cc2[nH]cnc2C(c2cccc(Cl)c2F)N1.COC(=O)C1Cc2[nH]cnc2C(c2cccc(Cl)c2F)N1C(=O)c1cc(Cl)c(Cl)cc1C(=O)O.O=C(O)c1cc(Cl)c(Cl)cc1C(=O)N1C(C(=O)O)Cc2[nH]cnc2C1c1cccc(Cl)c1F.O=C1OC(=O)c2cc(Cl)c(Cl)cc21.O=Cc1cccc(Cl)c1F. The molecule has 30 nitrogen and oxygen atoms in total. The zero-order chi connectivity index (χ0) is 89.9. The van der Waals surface area contributed by atoms with Crippen LogP contribution in [0.25, 0.3) is 0 Å². The molecule has 4 aliphatic rings.